The lowest BCUT2D eigenvalue weighted by atomic mass is 9.93. The summed E-state index contributed by atoms with van der Waals surface area (Å²) < 4.78 is 1.88. The maximum atomic E-state index is 12.0. The average molecular weight is 210 g/mol. The van der Waals surface area contributed by atoms with Crippen molar-refractivity contribution in [3.8, 4) is 0 Å². The Bertz CT molecular complexity index is 403. The van der Waals surface area contributed by atoms with Crippen LogP contribution in [0.25, 0.3) is 0 Å². The Labute approximate surface area is 86.9 Å². The molecular weight excluding hydrogens is 196 g/mol. The lowest BCUT2D eigenvalue weighted by Gasteiger charge is -2.25. The van der Waals surface area contributed by atoms with E-state index in [4.69, 9.17) is 0 Å². The van der Waals surface area contributed by atoms with Crippen LogP contribution < -0.4 is 5.56 Å². The van der Waals surface area contributed by atoms with Crippen LogP contribution in [0.5, 0.6) is 0 Å². The first-order valence-corrected chi connectivity index (χ1v) is 6.42. The molecular formula is C10H14N2OS. The summed E-state index contributed by atoms with van der Waals surface area (Å²) in [5.74, 6) is 2.09. The van der Waals surface area contributed by atoms with Crippen molar-refractivity contribution < 1.29 is 0 Å². The average Bonchev–Trinajstić information content (AvgIpc) is 2.43. The molecule has 76 valence electrons. The Hall–Kier alpha value is -0.640. The topological polar surface area (TPSA) is 37.8 Å². The monoisotopic (exact) mass is 210 g/mol. The molecule has 1 fully saturated rings. The van der Waals surface area contributed by atoms with E-state index < -0.39 is 0 Å². The van der Waals surface area contributed by atoms with Crippen molar-refractivity contribution in [3.05, 3.63) is 21.6 Å². The van der Waals surface area contributed by atoms with E-state index in [0.29, 0.717) is 6.04 Å². The minimum Gasteiger partial charge on any atom is -0.298 e. The number of nitrogens with zero attached hydrogens (tertiary/aromatic N) is 1. The largest absolute Gasteiger partial charge is 0.298 e. The number of rotatable bonds is 1. The number of thioether (sulfide) groups is 1. The highest BCUT2D eigenvalue weighted by molar-refractivity contribution is 7.98. The molecule has 4 heteroatoms. The van der Waals surface area contributed by atoms with Crippen molar-refractivity contribution >= 4 is 11.8 Å². The lowest BCUT2D eigenvalue weighted by Crippen LogP contribution is -2.28. The van der Waals surface area contributed by atoms with Crippen molar-refractivity contribution in [2.45, 2.75) is 37.5 Å². The van der Waals surface area contributed by atoms with Crippen LogP contribution in [0.3, 0.4) is 0 Å². The number of hydrogen-bond donors (Lipinski definition) is 1. The molecule has 1 aromatic rings. The molecule has 0 spiro atoms. The van der Waals surface area contributed by atoms with Crippen LogP contribution in [0.15, 0.2) is 4.79 Å². The first-order chi connectivity index (χ1) is 6.86. The summed E-state index contributed by atoms with van der Waals surface area (Å²) in [4.78, 5) is 12.0. The van der Waals surface area contributed by atoms with Gasteiger partial charge in [0.1, 0.15) is 0 Å². The van der Waals surface area contributed by atoms with Crippen LogP contribution in [0.1, 0.15) is 36.6 Å². The van der Waals surface area contributed by atoms with Crippen LogP contribution in [0.2, 0.25) is 0 Å². The van der Waals surface area contributed by atoms with Crippen LogP contribution in [0, 0.1) is 0 Å². The molecule has 0 unspecified atom stereocenters. The third kappa shape index (κ3) is 1.16. The van der Waals surface area contributed by atoms with Crippen molar-refractivity contribution in [3.63, 3.8) is 0 Å². The van der Waals surface area contributed by atoms with Gasteiger partial charge in [-0.25, -0.2) is 4.68 Å². The van der Waals surface area contributed by atoms with Gasteiger partial charge in [-0.3, -0.25) is 9.89 Å². The number of nitrogens with one attached hydrogen (secondary N) is 1. The molecule has 1 saturated carbocycles. The molecule has 14 heavy (non-hydrogen) atoms. The van der Waals surface area contributed by atoms with Gasteiger partial charge < -0.3 is 0 Å². The molecule has 0 radical (unpaired) electrons. The van der Waals surface area contributed by atoms with Gasteiger partial charge in [0, 0.05) is 11.3 Å². The number of fused-ring (bicyclic) bond motifs is 1. The van der Waals surface area contributed by atoms with Gasteiger partial charge in [-0.05, 0) is 31.4 Å². The second-order valence-electron chi connectivity index (χ2n) is 4.13. The first-order valence-electron chi connectivity index (χ1n) is 5.26. The molecule has 0 aromatic carbocycles. The molecule has 2 heterocycles. The Kier molecular flexibility index (Phi) is 1.97. The summed E-state index contributed by atoms with van der Waals surface area (Å²) >= 11 is 1.91. The predicted molar refractivity (Wildman–Crippen MR) is 57.8 cm³/mol. The molecule has 1 aliphatic heterocycles. The molecule has 3 nitrogen and oxygen atoms in total. The van der Waals surface area contributed by atoms with Crippen LogP contribution in [-0.4, -0.2) is 15.5 Å². The minimum atomic E-state index is 0.255. The number of hydrogen-bond acceptors (Lipinski definition) is 2. The van der Waals surface area contributed by atoms with Crippen molar-refractivity contribution in [1.29, 1.82) is 0 Å². The predicted octanol–water partition coefficient (Wildman–Crippen LogP) is 1.69. The smallest absolute Gasteiger partial charge is 0.270 e. The third-order valence-corrected chi connectivity index (χ3v) is 4.26. The maximum Gasteiger partial charge on any atom is 0.270 e. The molecule has 2 aliphatic rings. The second kappa shape index (κ2) is 3.19. The van der Waals surface area contributed by atoms with E-state index in [0.717, 1.165) is 23.5 Å². The molecule has 3 rings (SSSR count). The van der Waals surface area contributed by atoms with Crippen LogP contribution in [-0.2, 0) is 12.2 Å². The molecule has 1 aliphatic carbocycles. The van der Waals surface area contributed by atoms with E-state index >= 15 is 0 Å². The highest BCUT2D eigenvalue weighted by atomic mass is 32.2. The summed E-state index contributed by atoms with van der Waals surface area (Å²) in [7, 11) is 0. The van der Waals surface area contributed by atoms with Crippen LogP contribution >= 0.6 is 11.8 Å². The zero-order valence-electron chi connectivity index (χ0n) is 8.08. The van der Waals surface area contributed by atoms with Crippen molar-refractivity contribution in [1.82, 2.24) is 9.78 Å². The van der Waals surface area contributed by atoms with E-state index in [1.807, 2.05) is 16.4 Å². The van der Waals surface area contributed by atoms with Gasteiger partial charge in [0.2, 0.25) is 0 Å². The quantitative estimate of drug-likeness (QED) is 0.766. The van der Waals surface area contributed by atoms with E-state index in [-0.39, 0.29) is 5.56 Å². The second-order valence-corrected chi connectivity index (χ2v) is 5.24. The zero-order chi connectivity index (χ0) is 9.54. The number of H-pyrrole nitrogens is 1. The highest BCUT2D eigenvalue weighted by Crippen LogP contribution is 2.31. The Morgan fingerprint density at radius 3 is 2.93 bits per heavy atom. The summed E-state index contributed by atoms with van der Waals surface area (Å²) in [5, 5.41) is 3.29. The fraction of sp³-hybridized carbons (Fsp3) is 0.700. The maximum absolute atomic E-state index is 12.0. The van der Waals surface area contributed by atoms with Gasteiger partial charge in [0.05, 0.1) is 11.7 Å². The number of aromatic nitrogens is 2. The first kappa shape index (κ1) is 8.65. The SMILES string of the molecule is O=c1c2c([nH]n1C1CCC1)CSCC2. The fourth-order valence-corrected chi connectivity index (χ4v) is 3.10. The van der Waals surface area contributed by atoms with E-state index in [1.54, 1.807) is 0 Å². The Morgan fingerprint density at radius 1 is 1.43 bits per heavy atom. The summed E-state index contributed by atoms with van der Waals surface area (Å²) in [5.41, 5.74) is 2.49. The molecule has 0 bridgehead atoms. The minimum absolute atomic E-state index is 0.255. The molecule has 0 atom stereocenters. The molecule has 1 aromatic heterocycles. The Balaban J connectivity index is 2.04. The summed E-state index contributed by atoms with van der Waals surface area (Å²) in [6, 6.07) is 0.470. The molecule has 0 saturated heterocycles. The highest BCUT2D eigenvalue weighted by Gasteiger charge is 2.25. The fourth-order valence-electron chi connectivity index (χ4n) is 2.17. The Morgan fingerprint density at radius 2 is 2.29 bits per heavy atom. The van der Waals surface area contributed by atoms with E-state index in [1.165, 1.54) is 25.0 Å². The van der Waals surface area contributed by atoms with Gasteiger partial charge in [0.25, 0.3) is 5.56 Å². The van der Waals surface area contributed by atoms with E-state index in [2.05, 4.69) is 5.10 Å². The van der Waals surface area contributed by atoms with Gasteiger partial charge in [-0.2, -0.15) is 11.8 Å². The van der Waals surface area contributed by atoms with Crippen molar-refractivity contribution in [2.75, 3.05) is 5.75 Å². The third-order valence-electron chi connectivity index (χ3n) is 3.28. The number of aromatic amines is 1. The normalized spacial score (nSPS) is 21.7. The van der Waals surface area contributed by atoms with Gasteiger partial charge in [-0.15, -0.1) is 0 Å². The van der Waals surface area contributed by atoms with Gasteiger partial charge in [0.15, 0.2) is 0 Å². The molecule has 0 amide bonds. The van der Waals surface area contributed by atoms with Crippen LogP contribution in [0.4, 0.5) is 0 Å². The lowest BCUT2D eigenvalue weighted by molar-refractivity contribution is 0.282. The zero-order valence-corrected chi connectivity index (χ0v) is 8.90. The van der Waals surface area contributed by atoms with Crippen molar-refractivity contribution in [2.24, 2.45) is 0 Å². The van der Waals surface area contributed by atoms with Gasteiger partial charge >= 0.3 is 0 Å². The van der Waals surface area contributed by atoms with E-state index in [9.17, 15) is 4.79 Å². The molecule has 1 N–H and O–H groups in total. The summed E-state index contributed by atoms with van der Waals surface area (Å²) in [6.45, 7) is 0. The van der Waals surface area contributed by atoms with Gasteiger partial charge in [-0.1, -0.05) is 0 Å². The summed E-state index contributed by atoms with van der Waals surface area (Å²) in [6.07, 6.45) is 4.57. The standard InChI is InChI=1S/C10H14N2OS/c13-10-8-4-5-14-6-9(8)11-12(10)7-2-1-3-7/h7,11H,1-6H2.